The molecule has 31 heavy (non-hydrogen) atoms. The molecule has 7 nitrogen and oxygen atoms in total. The number of benzene rings is 1. The maximum atomic E-state index is 12.4. The van der Waals surface area contributed by atoms with Crippen molar-refractivity contribution < 1.29 is 33.3 Å². The molecule has 1 aromatic rings. The zero-order valence-electron chi connectivity index (χ0n) is 17.9. The predicted molar refractivity (Wildman–Crippen MR) is 112 cm³/mol. The van der Waals surface area contributed by atoms with E-state index in [2.05, 4.69) is 5.92 Å². The van der Waals surface area contributed by atoms with Crippen molar-refractivity contribution in [3.8, 4) is 12.3 Å². The van der Waals surface area contributed by atoms with Crippen LogP contribution in [0, 0.1) is 18.3 Å². The second-order valence-electron chi connectivity index (χ2n) is 7.90. The minimum Gasteiger partial charge on any atom is -0.459 e. The summed E-state index contributed by atoms with van der Waals surface area (Å²) < 4.78 is 28.6. The van der Waals surface area contributed by atoms with E-state index in [0.717, 1.165) is 12.8 Å². The van der Waals surface area contributed by atoms with Crippen molar-refractivity contribution in [3.05, 3.63) is 35.9 Å². The van der Waals surface area contributed by atoms with Crippen molar-refractivity contribution >= 4 is 11.9 Å². The van der Waals surface area contributed by atoms with Crippen molar-refractivity contribution in [2.24, 2.45) is 5.92 Å². The fourth-order valence-electron chi connectivity index (χ4n) is 4.02. The van der Waals surface area contributed by atoms with Crippen molar-refractivity contribution in [2.45, 2.75) is 63.6 Å². The molecule has 0 radical (unpaired) electrons. The number of carbonyl (C=O) groups excluding carboxylic acids is 2. The van der Waals surface area contributed by atoms with Gasteiger partial charge in [0.25, 0.3) is 0 Å². The first kappa shape index (κ1) is 23.3. The molecule has 0 bridgehead atoms. The average molecular weight is 430 g/mol. The average Bonchev–Trinajstić information content (AvgIpc) is 3.11. The summed E-state index contributed by atoms with van der Waals surface area (Å²) >= 11 is 0. The van der Waals surface area contributed by atoms with E-state index in [0.29, 0.717) is 18.1 Å². The number of hydrogen-bond donors (Lipinski definition) is 0. The molecule has 0 N–H and O–H groups in total. The van der Waals surface area contributed by atoms with Crippen molar-refractivity contribution in [1.29, 1.82) is 0 Å². The topological polar surface area (TPSA) is 80.3 Å². The number of rotatable bonds is 9. The van der Waals surface area contributed by atoms with Gasteiger partial charge in [0.15, 0.2) is 0 Å². The normalized spacial score (nSPS) is 26.2. The summed E-state index contributed by atoms with van der Waals surface area (Å²) in [5.41, 5.74) is 0.442. The lowest BCUT2D eigenvalue weighted by Crippen LogP contribution is -2.41. The third kappa shape index (κ3) is 6.79. The Labute approximate surface area is 183 Å². The lowest BCUT2D eigenvalue weighted by molar-refractivity contribution is -0.191. The van der Waals surface area contributed by atoms with Gasteiger partial charge in [-0.05, 0) is 30.9 Å². The summed E-state index contributed by atoms with van der Waals surface area (Å²) in [6.07, 6.45) is 8.31. The molecule has 0 aromatic heterocycles. The first-order valence-electron chi connectivity index (χ1n) is 10.8. The summed E-state index contributed by atoms with van der Waals surface area (Å²) in [6.45, 7) is 1.80. The predicted octanol–water partition coefficient (Wildman–Crippen LogP) is 3.12. The number of hydrogen-bond acceptors (Lipinski definition) is 7. The van der Waals surface area contributed by atoms with E-state index < -0.39 is 36.5 Å². The zero-order chi connectivity index (χ0) is 22.1. The first-order valence-corrected chi connectivity index (χ1v) is 10.8. The Morgan fingerprint density at radius 2 is 1.81 bits per heavy atom. The standard InChI is InChI=1S/C24H30O7/c1-3-14-27-22-21(28-15-18-10-6-4-7-11-18)20(31-24(22)30-17(2)25)16-29-23(26)19-12-8-5-9-13-19/h1,5,8-9,12-13,18,20-22,24H,4,6-7,10-11,14-16H2,2H3/t20-,21-,22-,24?/m1/s1. The molecule has 2 aliphatic rings. The SMILES string of the molecule is C#CCO[C@H]1C(OC(C)=O)O[C@H](COC(=O)c2ccccc2)[C@H]1OCC1CCCCC1. The van der Waals surface area contributed by atoms with E-state index in [4.69, 9.17) is 30.1 Å². The molecule has 1 unspecified atom stereocenters. The van der Waals surface area contributed by atoms with E-state index in [1.165, 1.54) is 26.2 Å². The van der Waals surface area contributed by atoms with Crippen LogP contribution in [0.15, 0.2) is 30.3 Å². The van der Waals surface area contributed by atoms with Gasteiger partial charge >= 0.3 is 11.9 Å². The Bertz CT molecular complexity index is 751. The number of esters is 2. The van der Waals surface area contributed by atoms with Crippen LogP contribution < -0.4 is 0 Å². The van der Waals surface area contributed by atoms with Gasteiger partial charge in [0, 0.05) is 6.92 Å². The molecule has 0 amide bonds. The molecule has 1 saturated heterocycles. The van der Waals surface area contributed by atoms with Crippen LogP contribution in [0.3, 0.4) is 0 Å². The van der Waals surface area contributed by atoms with Crippen molar-refractivity contribution in [3.63, 3.8) is 0 Å². The second-order valence-corrected chi connectivity index (χ2v) is 7.90. The van der Waals surface area contributed by atoms with Crippen LogP contribution in [0.25, 0.3) is 0 Å². The van der Waals surface area contributed by atoms with Gasteiger partial charge in [-0.25, -0.2) is 4.79 Å². The number of terminal acetylenes is 1. The molecule has 4 atom stereocenters. The Hall–Kier alpha value is -2.40. The number of ether oxygens (including phenoxy) is 5. The van der Waals surface area contributed by atoms with Gasteiger partial charge in [-0.1, -0.05) is 43.4 Å². The largest absolute Gasteiger partial charge is 0.459 e. The molecular weight excluding hydrogens is 400 g/mol. The summed E-state index contributed by atoms with van der Waals surface area (Å²) in [6, 6.07) is 8.70. The zero-order valence-corrected chi connectivity index (χ0v) is 17.9. The van der Waals surface area contributed by atoms with Gasteiger partial charge in [0.05, 0.1) is 12.2 Å². The van der Waals surface area contributed by atoms with Gasteiger partial charge in [-0.2, -0.15) is 0 Å². The highest BCUT2D eigenvalue weighted by Gasteiger charge is 2.49. The van der Waals surface area contributed by atoms with Gasteiger partial charge in [0.1, 0.15) is 31.5 Å². The third-order valence-corrected chi connectivity index (χ3v) is 5.55. The smallest absolute Gasteiger partial charge is 0.338 e. The van der Waals surface area contributed by atoms with Gasteiger partial charge in [-0.15, -0.1) is 6.42 Å². The molecule has 3 rings (SSSR count). The van der Waals surface area contributed by atoms with Crippen LogP contribution in [-0.4, -0.2) is 56.4 Å². The molecule has 0 spiro atoms. The molecule has 7 heteroatoms. The summed E-state index contributed by atoms with van der Waals surface area (Å²) in [5.74, 6) is 1.91. The molecule has 1 aliphatic heterocycles. The Morgan fingerprint density at radius 1 is 1.06 bits per heavy atom. The fraction of sp³-hybridized carbons (Fsp3) is 0.583. The highest BCUT2D eigenvalue weighted by molar-refractivity contribution is 5.89. The molecule has 1 aromatic carbocycles. The van der Waals surface area contributed by atoms with Crippen LogP contribution in [-0.2, 0) is 28.5 Å². The highest BCUT2D eigenvalue weighted by atomic mass is 16.7. The van der Waals surface area contributed by atoms with Crippen LogP contribution in [0.5, 0.6) is 0 Å². The van der Waals surface area contributed by atoms with Crippen LogP contribution in [0.2, 0.25) is 0 Å². The minimum absolute atomic E-state index is 0.0194. The van der Waals surface area contributed by atoms with Crippen molar-refractivity contribution in [2.75, 3.05) is 19.8 Å². The minimum atomic E-state index is -0.984. The van der Waals surface area contributed by atoms with E-state index in [1.54, 1.807) is 24.3 Å². The first-order chi connectivity index (χ1) is 15.1. The Balaban J connectivity index is 1.68. The van der Waals surface area contributed by atoms with E-state index in [9.17, 15) is 9.59 Å². The van der Waals surface area contributed by atoms with Crippen LogP contribution in [0.4, 0.5) is 0 Å². The number of carbonyl (C=O) groups is 2. The quantitative estimate of drug-likeness (QED) is 0.440. The molecule has 1 heterocycles. The van der Waals surface area contributed by atoms with E-state index >= 15 is 0 Å². The molecular formula is C24H30O7. The Kier molecular flexibility index (Phi) is 8.89. The van der Waals surface area contributed by atoms with Crippen LogP contribution >= 0.6 is 0 Å². The van der Waals surface area contributed by atoms with Gasteiger partial charge in [0.2, 0.25) is 6.29 Å². The summed E-state index contributed by atoms with van der Waals surface area (Å²) in [7, 11) is 0. The van der Waals surface area contributed by atoms with Gasteiger partial charge < -0.3 is 23.7 Å². The summed E-state index contributed by atoms with van der Waals surface area (Å²) in [5, 5.41) is 0. The molecule has 168 valence electrons. The second kappa shape index (κ2) is 11.8. The van der Waals surface area contributed by atoms with Crippen molar-refractivity contribution in [1.82, 2.24) is 0 Å². The van der Waals surface area contributed by atoms with Gasteiger partial charge in [-0.3, -0.25) is 4.79 Å². The highest BCUT2D eigenvalue weighted by Crippen LogP contribution is 2.31. The fourth-order valence-corrected chi connectivity index (χ4v) is 4.02. The summed E-state index contributed by atoms with van der Waals surface area (Å²) in [4.78, 5) is 23.9. The molecule has 2 fully saturated rings. The molecule has 1 aliphatic carbocycles. The third-order valence-electron chi connectivity index (χ3n) is 5.55. The lowest BCUT2D eigenvalue weighted by atomic mass is 9.90. The molecule has 1 saturated carbocycles. The van der Waals surface area contributed by atoms with E-state index in [1.807, 2.05) is 6.07 Å². The maximum Gasteiger partial charge on any atom is 0.338 e. The van der Waals surface area contributed by atoms with E-state index in [-0.39, 0.29) is 13.2 Å². The maximum absolute atomic E-state index is 12.4. The Morgan fingerprint density at radius 3 is 2.48 bits per heavy atom. The lowest BCUT2D eigenvalue weighted by Gasteiger charge is -2.27. The monoisotopic (exact) mass is 430 g/mol. The van der Waals surface area contributed by atoms with Crippen LogP contribution in [0.1, 0.15) is 49.4 Å².